The van der Waals surface area contributed by atoms with Crippen molar-refractivity contribution in [3.05, 3.63) is 0 Å². The Morgan fingerprint density at radius 2 is 1.81 bits per heavy atom. The molecule has 0 spiro atoms. The minimum absolute atomic E-state index is 0.180. The van der Waals surface area contributed by atoms with Crippen LogP contribution in [-0.2, 0) is 14.3 Å². The fourth-order valence-corrected chi connectivity index (χ4v) is 3.05. The Bertz CT molecular complexity index is 360. The average Bonchev–Trinajstić information content (AvgIpc) is 2.53. The summed E-state index contributed by atoms with van der Waals surface area (Å²) in [5.41, 5.74) is -0.440. The van der Waals surface area contributed by atoms with Crippen LogP contribution in [0.1, 0.15) is 66.7 Å². The molecule has 1 saturated carbocycles. The zero-order chi connectivity index (χ0) is 16.0. The summed E-state index contributed by atoms with van der Waals surface area (Å²) in [6, 6.07) is 0.180. The van der Waals surface area contributed by atoms with Gasteiger partial charge in [-0.3, -0.25) is 9.59 Å². The van der Waals surface area contributed by atoms with Crippen molar-refractivity contribution in [2.75, 3.05) is 6.61 Å². The van der Waals surface area contributed by atoms with Crippen LogP contribution in [0.4, 0.5) is 0 Å². The minimum atomic E-state index is -0.743. The number of carbonyl (C=O) groups excluding carboxylic acids is 2. The fourth-order valence-electron chi connectivity index (χ4n) is 3.05. The number of hydrogen-bond acceptors (Lipinski definition) is 3. The summed E-state index contributed by atoms with van der Waals surface area (Å²) in [5.74, 6) is -0.865. The lowest BCUT2D eigenvalue weighted by Crippen LogP contribution is -2.48. The smallest absolute Gasteiger partial charge is 0.319 e. The molecule has 21 heavy (non-hydrogen) atoms. The molecule has 1 fully saturated rings. The second-order valence-corrected chi connectivity index (χ2v) is 7.28. The van der Waals surface area contributed by atoms with E-state index in [0.717, 1.165) is 19.3 Å². The Hall–Kier alpha value is -1.06. The van der Waals surface area contributed by atoms with Gasteiger partial charge in [-0.1, -0.05) is 47.0 Å². The van der Waals surface area contributed by atoms with E-state index in [1.54, 1.807) is 6.92 Å². The van der Waals surface area contributed by atoms with E-state index in [9.17, 15) is 9.59 Å². The molecule has 1 aliphatic rings. The van der Waals surface area contributed by atoms with Crippen LogP contribution in [0.2, 0.25) is 0 Å². The van der Waals surface area contributed by atoms with Gasteiger partial charge < -0.3 is 10.1 Å². The molecule has 3 unspecified atom stereocenters. The highest BCUT2D eigenvalue weighted by atomic mass is 16.5. The lowest BCUT2D eigenvalue weighted by atomic mass is 9.79. The summed E-state index contributed by atoms with van der Waals surface area (Å²) in [5, 5.41) is 3.11. The normalized spacial score (nSPS) is 24.8. The summed E-state index contributed by atoms with van der Waals surface area (Å²) >= 11 is 0. The Balaban J connectivity index is 2.78. The van der Waals surface area contributed by atoms with E-state index in [-0.39, 0.29) is 11.9 Å². The number of esters is 1. The quantitative estimate of drug-likeness (QED) is 0.492. The predicted molar refractivity (Wildman–Crippen MR) is 83.8 cm³/mol. The maximum atomic E-state index is 12.6. The number of carbonyl (C=O) groups is 2. The molecule has 4 heteroatoms. The van der Waals surface area contributed by atoms with Crippen molar-refractivity contribution in [3.8, 4) is 0 Å². The van der Waals surface area contributed by atoms with Gasteiger partial charge in [-0.05, 0) is 31.1 Å². The van der Waals surface area contributed by atoms with Gasteiger partial charge in [0.15, 0.2) is 0 Å². The van der Waals surface area contributed by atoms with Crippen molar-refractivity contribution < 1.29 is 14.3 Å². The molecular formula is C17H31NO3. The molecule has 122 valence electrons. The van der Waals surface area contributed by atoms with E-state index in [4.69, 9.17) is 4.74 Å². The Morgan fingerprint density at radius 3 is 2.38 bits per heavy atom. The van der Waals surface area contributed by atoms with Crippen molar-refractivity contribution >= 4 is 11.9 Å². The first kappa shape index (κ1) is 18.0. The highest BCUT2D eigenvalue weighted by Gasteiger charge is 2.40. The fraction of sp³-hybridized carbons (Fsp3) is 0.882. The Morgan fingerprint density at radius 1 is 1.19 bits per heavy atom. The number of nitrogens with one attached hydrogen (secondary N) is 1. The first-order valence-electron chi connectivity index (χ1n) is 8.24. The highest BCUT2D eigenvalue weighted by Crippen LogP contribution is 2.29. The van der Waals surface area contributed by atoms with Crippen molar-refractivity contribution in [1.82, 2.24) is 5.32 Å². The molecule has 0 aliphatic heterocycles. The molecule has 4 nitrogen and oxygen atoms in total. The van der Waals surface area contributed by atoms with Crippen LogP contribution in [0.3, 0.4) is 0 Å². The van der Waals surface area contributed by atoms with Gasteiger partial charge in [0, 0.05) is 6.04 Å². The van der Waals surface area contributed by atoms with Crippen molar-refractivity contribution in [2.45, 2.75) is 72.8 Å². The third kappa shape index (κ3) is 5.33. The average molecular weight is 297 g/mol. The summed E-state index contributed by atoms with van der Waals surface area (Å²) in [6.07, 6.45) is 5.76. The van der Waals surface area contributed by atoms with Gasteiger partial charge in [-0.2, -0.15) is 0 Å². The van der Waals surface area contributed by atoms with Gasteiger partial charge in [0.05, 0.1) is 6.61 Å². The standard InChI is InChI=1S/C17H31NO3/c1-6-21-16(20)14(17(3,4)5)15(19)18-13-11-9-7-8-10-12(13)2/h12-14H,6-11H2,1-5H3,(H,18,19). The van der Waals surface area contributed by atoms with Crippen molar-refractivity contribution in [1.29, 1.82) is 0 Å². The highest BCUT2D eigenvalue weighted by molar-refractivity contribution is 5.98. The predicted octanol–water partition coefficient (Wildman–Crippen LogP) is 3.30. The van der Waals surface area contributed by atoms with Crippen LogP contribution in [0.25, 0.3) is 0 Å². The van der Waals surface area contributed by atoms with Crippen LogP contribution in [0, 0.1) is 17.3 Å². The third-order valence-electron chi connectivity index (χ3n) is 4.34. The second kappa shape index (κ2) is 7.81. The summed E-state index contributed by atoms with van der Waals surface area (Å²) in [7, 11) is 0. The summed E-state index contributed by atoms with van der Waals surface area (Å²) < 4.78 is 5.09. The molecule has 0 aromatic carbocycles. The van der Waals surface area contributed by atoms with Gasteiger partial charge in [0.1, 0.15) is 5.92 Å². The topological polar surface area (TPSA) is 55.4 Å². The molecule has 0 heterocycles. The van der Waals surface area contributed by atoms with Gasteiger partial charge in [-0.15, -0.1) is 0 Å². The molecule has 1 rings (SSSR count). The Kier molecular flexibility index (Phi) is 6.69. The van der Waals surface area contributed by atoms with Crippen LogP contribution in [0.5, 0.6) is 0 Å². The zero-order valence-electron chi connectivity index (χ0n) is 14.2. The SMILES string of the molecule is CCOC(=O)C(C(=O)NC1CCCCCC1C)C(C)(C)C. The molecule has 1 amide bonds. The molecule has 1 aliphatic carbocycles. The first-order valence-corrected chi connectivity index (χ1v) is 8.24. The van der Waals surface area contributed by atoms with Gasteiger partial charge in [-0.25, -0.2) is 0 Å². The largest absolute Gasteiger partial charge is 0.465 e. The summed E-state index contributed by atoms with van der Waals surface area (Å²) in [4.78, 5) is 24.8. The summed E-state index contributed by atoms with van der Waals surface area (Å²) in [6.45, 7) is 9.98. The maximum Gasteiger partial charge on any atom is 0.319 e. The van der Waals surface area contributed by atoms with Crippen LogP contribution < -0.4 is 5.32 Å². The molecule has 0 saturated heterocycles. The molecule has 0 radical (unpaired) electrons. The van der Waals surface area contributed by atoms with E-state index >= 15 is 0 Å². The molecule has 0 bridgehead atoms. The first-order chi connectivity index (χ1) is 9.77. The molecule has 1 N–H and O–H groups in total. The lowest BCUT2D eigenvalue weighted by molar-refractivity contribution is -0.157. The number of ether oxygens (including phenoxy) is 1. The van der Waals surface area contributed by atoms with Crippen LogP contribution in [0.15, 0.2) is 0 Å². The molecule has 0 aromatic rings. The Labute approximate surface area is 129 Å². The second-order valence-electron chi connectivity index (χ2n) is 7.28. The monoisotopic (exact) mass is 297 g/mol. The van der Waals surface area contributed by atoms with Gasteiger partial charge in [0.2, 0.25) is 5.91 Å². The number of rotatable bonds is 4. The molecule has 0 aromatic heterocycles. The van der Waals surface area contributed by atoms with Gasteiger partial charge >= 0.3 is 5.97 Å². The van der Waals surface area contributed by atoms with Crippen LogP contribution in [-0.4, -0.2) is 24.5 Å². The van der Waals surface area contributed by atoms with E-state index in [1.807, 2.05) is 20.8 Å². The molecular weight excluding hydrogens is 266 g/mol. The van der Waals surface area contributed by atoms with Crippen molar-refractivity contribution in [2.24, 2.45) is 17.3 Å². The van der Waals surface area contributed by atoms with Crippen LogP contribution >= 0.6 is 0 Å². The minimum Gasteiger partial charge on any atom is -0.465 e. The number of hydrogen-bond donors (Lipinski definition) is 1. The van der Waals surface area contributed by atoms with Crippen molar-refractivity contribution in [3.63, 3.8) is 0 Å². The van der Waals surface area contributed by atoms with E-state index in [1.165, 1.54) is 12.8 Å². The zero-order valence-corrected chi connectivity index (χ0v) is 14.2. The number of amides is 1. The third-order valence-corrected chi connectivity index (χ3v) is 4.34. The van der Waals surface area contributed by atoms with E-state index in [2.05, 4.69) is 12.2 Å². The van der Waals surface area contributed by atoms with E-state index in [0.29, 0.717) is 12.5 Å². The van der Waals surface area contributed by atoms with E-state index < -0.39 is 17.3 Å². The maximum absolute atomic E-state index is 12.6. The van der Waals surface area contributed by atoms with Gasteiger partial charge in [0.25, 0.3) is 0 Å². The molecule has 3 atom stereocenters. The lowest BCUT2D eigenvalue weighted by Gasteiger charge is -2.31.